The van der Waals surface area contributed by atoms with E-state index in [1.54, 1.807) is 11.0 Å². The monoisotopic (exact) mass is 565 g/mol. The summed E-state index contributed by atoms with van der Waals surface area (Å²) >= 11 is 0. The maximum atomic E-state index is 13.7. The summed E-state index contributed by atoms with van der Waals surface area (Å²) in [6.07, 6.45) is 1.52. The second-order valence-corrected chi connectivity index (χ2v) is 12.3. The predicted octanol–water partition coefficient (Wildman–Crippen LogP) is 5.57. The summed E-state index contributed by atoms with van der Waals surface area (Å²) in [4.78, 5) is 44.8. The topological polar surface area (TPSA) is 79.4 Å². The van der Waals surface area contributed by atoms with Crippen LogP contribution in [0.4, 0.5) is 4.79 Å². The molecule has 1 fully saturated rings. The highest BCUT2D eigenvalue weighted by Gasteiger charge is 2.28. The van der Waals surface area contributed by atoms with Gasteiger partial charge >= 0.3 is 12.1 Å². The largest absolute Gasteiger partial charge is 0.461 e. The molecule has 1 heterocycles. The van der Waals surface area contributed by atoms with Crippen molar-refractivity contribution in [3.05, 3.63) is 71.3 Å². The van der Waals surface area contributed by atoms with Crippen molar-refractivity contribution in [3.8, 4) is 0 Å². The summed E-state index contributed by atoms with van der Waals surface area (Å²) in [6, 6.07) is 17.7. The van der Waals surface area contributed by atoms with Crippen molar-refractivity contribution in [2.24, 2.45) is 5.92 Å². The molecule has 0 aliphatic carbocycles. The van der Waals surface area contributed by atoms with E-state index < -0.39 is 5.60 Å². The molecule has 0 saturated carbocycles. The quantitative estimate of drug-likeness (QED) is 0.408. The minimum absolute atomic E-state index is 0.0296. The maximum absolute atomic E-state index is 13.7. The van der Waals surface area contributed by atoms with Gasteiger partial charge in [-0.05, 0) is 82.8 Å². The molecule has 1 aliphatic rings. The van der Waals surface area contributed by atoms with Crippen molar-refractivity contribution in [2.45, 2.75) is 65.0 Å². The first-order chi connectivity index (χ1) is 19.4. The third kappa shape index (κ3) is 10.5. The molecular formula is C33H47N3O5. The first-order valence-electron chi connectivity index (χ1n) is 14.6. The van der Waals surface area contributed by atoms with Crippen LogP contribution >= 0.6 is 0 Å². The Labute approximate surface area is 245 Å². The zero-order valence-corrected chi connectivity index (χ0v) is 25.6. The lowest BCUT2D eigenvalue weighted by Crippen LogP contribution is -2.40. The van der Waals surface area contributed by atoms with Crippen LogP contribution in [0.5, 0.6) is 0 Å². The van der Waals surface area contributed by atoms with E-state index in [1.807, 2.05) is 81.1 Å². The number of amides is 2. The van der Waals surface area contributed by atoms with Crippen LogP contribution in [0.1, 0.15) is 74.4 Å². The lowest BCUT2D eigenvalue weighted by molar-refractivity contribution is -0.132. The Bertz CT molecular complexity index is 1150. The SMILES string of the molecule is CC1CN(Cc2cccc(C(=O)OCCN(C)C)c2)C(=O)CCN(C(=O)OC(C)(C)C)CCCC1c1ccccc1. The third-order valence-electron chi connectivity index (χ3n) is 7.27. The molecular weight excluding hydrogens is 518 g/mol. The van der Waals surface area contributed by atoms with E-state index in [9.17, 15) is 14.4 Å². The summed E-state index contributed by atoms with van der Waals surface area (Å²) in [5.41, 5.74) is 1.96. The van der Waals surface area contributed by atoms with E-state index >= 15 is 0 Å². The van der Waals surface area contributed by atoms with Gasteiger partial charge in [-0.2, -0.15) is 0 Å². The Balaban J connectivity index is 1.83. The van der Waals surface area contributed by atoms with Crippen LogP contribution in [0.2, 0.25) is 0 Å². The number of ether oxygens (including phenoxy) is 2. The van der Waals surface area contributed by atoms with Crippen molar-refractivity contribution >= 4 is 18.0 Å². The predicted molar refractivity (Wildman–Crippen MR) is 161 cm³/mol. The highest BCUT2D eigenvalue weighted by molar-refractivity contribution is 5.89. The maximum Gasteiger partial charge on any atom is 0.410 e. The molecule has 0 bridgehead atoms. The fourth-order valence-corrected chi connectivity index (χ4v) is 5.14. The molecule has 2 aromatic carbocycles. The fraction of sp³-hybridized carbons (Fsp3) is 0.545. The van der Waals surface area contributed by atoms with Crippen molar-refractivity contribution in [3.63, 3.8) is 0 Å². The lowest BCUT2D eigenvalue weighted by atomic mass is 9.83. The van der Waals surface area contributed by atoms with Gasteiger partial charge in [0.2, 0.25) is 5.91 Å². The summed E-state index contributed by atoms with van der Waals surface area (Å²) in [5.74, 6) is 0.0118. The van der Waals surface area contributed by atoms with Crippen LogP contribution in [-0.4, -0.2) is 85.2 Å². The highest BCUT2D eigenvalue weighted by Crippen LogP contribution is 2.31. The molecule has 41 heavy (non-hydrogen) atoms. The first-order valence-corrected chi connectivity index (χ1v) is 14.6. The molecule has 3 rings (SSSR count). The molecule has 2 unspecified atom stereocenters. The number of carbonyl (C=O) groups is 3. The number of hydrogen-bond acceptors (Lipinski definition) is 6. The van der Waals surface area contributed by atoms with Crippen molar-refractivity contribution in [1.29, 1.82) is 0 Å². The van der Waals surface area contributed by atoms with E-state index in [-0.39, 0.29) is 36.2 Å². The van der Waals surface area contributed by atoms with E-state index in [2.05, 4.69) is 19.1 Å². The van der Waals surface area contributed by atoms with Crippen LogP contribution < -0.4 is 0 Å². The molecule has 8 nitrogen and oxygen atoms in total. The minimum Gasteiger partial charge on any atom is -0.461 e. The van der Waals surface area contributed by atoms with Crippen molar-refractivity contribution < 1.29 is 23.9 Å². The van der Waals surface area contributed by atoms with Gasteiger partial charge in [-0.1, -0.05) is 49.4 Å². The average Bonchev–Trinajstić information content (AvgIpc) is 2.93. The Morgan fingerprint density at radius 3 is 2.44 bits per heavy atom. The number of nitrogens with zero attached hydrogens (tertiary/aromatic N) is 3. The number of carbonyl (C=O) groups excluding carboxylic acids is 3. The van der Waals surface area contributed by atoms with Gasteiger partial charge < -0.3 is 24.2 Å². The average molecular weight is 566 g/mol. The number of esters is 1. The van der Waals surface area contributed by atoms with Crippen LogP contribution in [-0.2, 0) is 20.8 Å². The number of rotatable bonds is 7. The van der Waals surface area contributed by atoms with Gasteiger partial charge in [0.1, 0.15) is 12.2 Å². The van der Waals surface area contributed by atoms with Gasteiger partial charge in [0.15, 0.2) is 0 Å². The molecule has 224 valence electrons. The second-order valence-electron chi connectivity index (χ2n) is 12.3. The summed E-state index contributed by atoms with van der Waals surface area (Å²) in [5, 5.41) is 0. The Morgan fingerprint density at radius 1 is 1.02 bits per heavy atom. The zero-order chi connectivity index (χ0) is 30.0. The highest BCUT2D eigenvalue weighted by atomic mass is 16.6. The van der Waals surface area contributed by atoms with Crippen LogP contribution in [0.25, 0.3) is 0 Å². The Kier molecular flexibility index (Phi) is 11.8. The van der Waals surface area contributed by atoms with Crippen molar-refractivity contribution in [1.82, 2.24) is 14.7 Å². The normalized spacial score (nSPS) is 19.0. The summed E-state index contributed by atoms with van der Waals surface area (Å²) in [6.45, 7) is 10.5. The van der Waals surface area contributed by atoms with E-state index in [1.165, 1.54) is 5.56 Å². The van der Waals surface area contributed by atoms with Gasteiger partial charge in [-0.25, -0.2) is 9.59 Å². The number of hydrogen-bond donors (Lipinski definition) is 0. The summed E-state index contributed by atoms with van der Waals surface area (Å²) < 4.78 is 11.1. The van der Waals surface area contributed by atoms with Gasteiger partial charge in [0, 0.05) is 39.1 Å². The molecule has 2 aromatic rings. The van der Waals surface area contributed by atoms with Gasteiger partial charge in [0.25, 0.3) is 0 Å². The standard InChI is InChI=1S/C33H47N3O5/c1-25-23-36(24-26-12-10-15-28(22-26)31(38)40-21-20-34(5)6)30(37)17-19-35(32(39)41-33(2,3)4)18-11-16-29(25)27-13-8-7-9-14-27/h7-10,12-15,22,25,29H,11,16-21,23-24H2,1-6H3. The van der Waals surface area contributed by atoms with Gasteiger partial charge in [0.05, 0.1) is 5.56 Å². The lowest BCUT2D eigenvalue weighted by Gasteiger charge is -2.31. The number of likely N-dealkylation sites (N-methyl/N-ethyl adjacent to an activating group) is 1. The molecule has 0 spiro atoms. The fourth-order valence-electron chi connectivity index (χ4n) is 5.14. The second kappa shape index (κ2) is 15.0. The van der Waals surface area contributed by atoms with Crippen LogP contribution in [0.3, 0.4) is 0 Å². The zero-order valence-electron chi connectivity index (χ0n) is 25.6. The van der Waals surface area contributed by atoms with E-state index in [4.69, 9.17) is 9.47 Å². The molecule has 8 heteroatoms. The Morgan fingerprint density at radius 2 is 1.76 bits per heavy atom. The summed E-state index contributed by atoms with van der Waals surface area (Å²) in [7, 11) is 3.86. The van der Waals surface area contributed by atoms with Crippen LogP contribution in [0, 0.1) is 5.92 Å². The molecule has 0 radical (unpaired) electrons. The molecule has 1 saturated heterocycles. The van der Waals surface area contributed by atoms with Crippen molar-refractivity contribution in [2.75, 3.05) is 46.9 Å². The number of benzene rings is 2. The first kappa shape index (κ1) is 32.1. The van der Waals surface area contributed by atoms with E-state index in [0.29, 0.717) is 44.9 Å². The molecule has 2 amide bonds. The van der Waals surface area contributed by atoms with Crippen LogP contribution in [0.15, 0.2) is 54.6 Å². The molecule has 0 aromatic heterocycles. The molecule has 0 N–H and O–H groups in total. The molecule has 2 atom stereocenters. The minimum atomic E-state index is -0.612. The van der Waals surface area contributed by atoms with Gasteiger partial charge in [-0.3, -0.25) is 4.79 Å². The van der Waals surface area contributed by atoms with Gasteiger partial charge in [-0.15, -0.1) is 0 Å². The molecule has 1 aliphatic heterocycles. The third-order valence-corrected chi connectivity index (χ3v) is 7.27. The Hall–Kier alpha value is -3.39. The van der Waals surface area contributed by atoms with E-state index in [0.717, 1.165) is 18.4 Å². The smallest absolute Gasteiger partial charge is 0.410 e.